The second-order valence-electron chi connectivity index (χ2n) is 6.47. The summed E-state index contributed by atoms with van der Waals surface area (Å²) < 4.78 is 17.3. The van der Waals surface area contributed by atoms with Gasteiger partial charge >= 0.3 is 0 Å². The maximum atomic E-state index is 12.6. The number of aromatic nitrogens is 1. The van der Waals surface area contributed by atoms with Gasteiger partial charge in [-0.25, -0.2) is 0 Å². The lowest BCUT2D eigenvalue weighted by Crippen LogP contribution is -2.43. The number of benzene rings is 1. The molecule has 0 spiro atoms. The number of hydrogen-bond donors (Lipinski definition) is 1. The van der Waals surface area contributed by atoms with Crippen LogP contribution >= 0.6 is 15.9 Å². The van der Waals surface area contributed by atoms with Crippen molar-refractivity contribution in [2.75, 3.05) is 32.8 Å². The Morgan fingerprint density at radius 2 is 2.00 bits per heavy atom. The normalized spacial score (nSPS) is 16.0. The standard InChI is InChI=1S/C20H20BrN3O4/c21-15-5-3-14(4-6-15)19-12-16(23-28-19)20(25)22-13-17(18-2-1-9-27-18)24-7-10-26-11-8-24/h1-6,9,12,17H,7-8,10-11,13H2,(H,22,25). The molecule has 1 amide bonds. The zero-order valence-corrected chi connectivity index (χ0v) is 16.7. The first-order valence-corrected chi connectivity index (χ1v) is 9.86. The summed E-state index contributed by atoms with van der Waals surface area (Å²) in [5.74, 6) is 1.09. The van der Waals surface area contributed by atoms with Crippen LogP contribution in [0.15, 0.2) is 62.1 Å². The smallest absolute Gasteiger partial charge is 0.273 e. The molecule has 1 aliphatic heterocycles. The van der Waals surface area contributed by atoms with E-state index in [0.717, 1.165) is 28.9 Å². The zero-order chi connectivity index (χ0) is 19.3. The molecule has 28 heavy (non-hydrogen) atoms. The lowest BCUT2D eigenvalue weighted by Gasteiger charge is -2.33. The molecule has 4 rings (SSSR count). The summed E-state index contributed by atoms with van der Waals surface area (Å²) in [5.41, 5.74) is 1.11. The molecule has 1 aliphatic rings. The quantitative estimate of drug-likeness (QED) is 0.625. The highest BCUT2D eigenvalue weighted by molar-refractivity contribution is 9.10. The van der Waals surface area contributed by atoms with E-state index in [1.54, 1.807) is 12.3 Å². The molecule has 1 fully saturated rings. The first-order chi connectivity index (χ1) is 13.7. The van der Waals surface area contributed by atoms with Crippen molar-refractivity contribution in [3.05, 3.63) is 64.7 Å². The van der Waals surface area contributed by atoms with Gasteiger partial charge in [0.2, 0.25) is 0 Å². The van der Waals surface area contributed by atoms with Crippen molar-refractivity contribution in [2.24, 2.45) is 0 Å². The van der Waals surface area contributed by atoms with Crippen molar-refractivity contribution in [3.8, 4) is 11.3 Å². The van der Waals surface area contributed by atoms with Crippen LogP contribution in [0.25, 0.3) is 11.3 Å². The summed E-state index contributed by atoms with van der Waals surface area (Å²) in [6, 6.07) is 13.0. The second-order valence-corrected chi connectivity index (χ2v) is 7.39. The molecule has 2 aromatic heterocycles. The number of carbonyl (C=O) groups excluding carboxylic acids is 1. The lowest BCUT2D eigenvalue weighted by molar-refractivity contribution is 0.0118. The maximum Gasteiger partial charge on any atom is 0.273 e. The highest BCUT2D eigenvalue weighted by atomic mass is 79.9. The van der Waals surface area contributed by atoms with Crippen molar-refractivity contribution in [1.29, 1.82) is 0 Å². The first-order valence-electron chi connectivity index (χ1n) is 9.07. The molecule has 3 aromatic rings. The first kappa shape index (κ1) is 18.9. The van der Waals surface area contributed by atoms with Gasteiger partial charge in [-0.15, -0.1) is 0 Å². The van der Waals surface area contributed by atoms with Crippen LogP contribution in [0, 0.1) is 0 Å². The Balaban J connectivity index is 1.43. The van der Waals surface area contributed by atoms with Gasteiger partial charge in [-0.2, -0.15) is 0 Å². The zero-order valence-electron chi connectivity index (χ0n) is 15.1. The fourth-order valence-corrected chi connectivity index (χ4v) is 3.46. The Kier molecular flexibility index (Phi) is 5.90. The van der Waals surface area contributed by atoms with Crippen LogP contribution in [-0.2, 0) is 4.74 Å². The minimum atomic E-state index is -0.281. The van der Waals surface area contributed by atoms with Crippen molar-refractivity contribution >= 4 is 21.8 Å². The van der Waals surface area contributed by atoms with Crippen molar-refractivity contribution in [1.82, 2.24) is 15.4 Å². The van der Waals surface area contributed by atoms with Crippen molar-refractivity contribution in [2.45, 2.75) is 6.04 Å². The average molecular weight is 446 g/mol. The molecule has 1 N–H and O–H groups in total. The van der Waals surface area contributed by atoms with E-state index in [2.05, 4.69) is 31.3 Å². The monoisotopic (exact) mass is 445 g/mol. The lowest BCUT2D eigenvalue weighted by atomic mass is 10.1. The molecule has 0 radical (unpaired) electrons. The number of rotatable bonds is 6. The van der Waals surface area contributed by atoms with Crippen LogP contribution in [0.3, 0.4) is 0 Å². The van der Waals surface area contributed by atoms with Gasteiger partial charge in [0.25, 0.3) is 5.91 Å². The van der Waals surface area contributed by atoms with E-state index in [-0.39, 0.29) is 17.6 Å². The van der Waals surface area contributed by atoms with Crippen LogP contribution in [0.2, 0.25) is 0 Å². The number of nitrogens with zero attached hydrogens (tertiary/aromatic N) is 2. The van der Waals surface area contributed by atoms with E-state index < -0.39 is 0 Å². The van der Waals surface area contributed by atoms with Crippen LogP contribution in [0.4, 0.5) is 0 Å². The summed E-state index contributed by atoms with van der Waals surface area (Å²) in [5, 5.41) is 6.86. The molecule has 146 valence electrons. The third-order valence-electron chi connectivity index (χ3n) is 4.69. The minimum Gasteiger partial charge on any atom is -0.468 e. The molecule has 8 heteroatoms. The van der Waals surface area contributed by atoms with E-state index in [1.807, 2.05) is 36.4 Å². The fraction of sp³-hybridized carbons (Fsp3) is 0.300. The molecule has 3 heterocycles. The third kappa shape index (κ3) is 4.35. The summed E-state index contributed by atoms with van der Waals surface area (Å²) in [4.78, 5) is 14.8. The highest BCUT2D eigenvalue weighted by Gasteiger charge is 2.26. The third-order valence-corrected chi connectivity index (χ3v) is 5.21. The van der Waals surface area contributed by atoms with Crippen LogP contribution < -0.4 is 5.32 Å². The Bertz CT molecular complexity index is 902. The number of halogens is 1. The Morgan fingerprint density at radius 1 is 1.21 bits per heavy atom. The molecule has 1 saturated heterocycles. The second kappa shape index (κ2) is 8.72. The Hall–Kier alpha value is -2.42. The number of amides is 1. The van der Waals surface area contributed by atoms with Gasteiger partial charge < -0.3 is 19.0 Å². The molecule has 7 nitrogen and oxygen atoms in total. The van der Waals surface area contributed by atoms with Gasteiger partial charge in [0, 0.05) is 35.7 Å². The SMILES string of the molecule is O=C(NCC(c1ccco1)N1CCOCC1)c1cc(-c2ccc(Br)cc2)on1. The molecule has 1 atom stereocenters. The summed E-state index contributed by atoms with van der Waals surface area (Å²) in [7, 11) is 0. The fourth-order valence-electron chi connectivity index (χ4n) is 3.19. The van der Waals surface area contributed by atoms with E-state index >= 15 is 0 Å². The van der Waals surface area contributed by atoms with E-state index in [1.165, 1.54) is 0 Å². The topological polar surface area (TPSA) is 80.7 Å². The number of furan rings is 1. The van der Waals surface area contributed by atoms with Gasteiger partial charge in [-0.05, 0) is 24.3 Å². The number of morpholine rings is 1. The van der Waals surface area contributed by atoms with Gasteiger partial charge in [0.05, 0.1) is 25.5 Å². The summed E-state index contributed by atoms with van der Waals surface area (Å²) >= 11 is 3.40. The number of carbonyl (C=O) groups is 1. The molecular formula is C20H20BrN3O4. The molecule has 1 aromatic carbocycles. The number of nitrogens with one attached hydrogen (secondary N) is 1. The summed E-state index contributed by atoms with van der Waals surface area (Å²) in [6.45, 7) is 3.33. The van der Waals surface area contributed by atoms with E-state index in [9.17, 15) is 4.79 Å². The highest BCUT2D eigenvalue weighted by Crippen LogP contribution is 2.24. The van der Waals surface area contributed by atoms with Gasteiger partial charge in [0.1, 0.15) is 5.76 Å². The van der Waals surface area contributed by atoms with Gasteiger partial charge in [0.15, 0.2) is 11.5 Å². The maximum absolute atomic E-state index is 12.6. The van der Waals surface area contributed by atoms with Crippen molar-refractivity contribution in [3.63, 3.8) is 0 Å². The molecular weight excluding hydrogens is 426 g/mol. The van der Waals surface area contributed by atoms with E-state index in [0.29, 0.717) is 25.5 Å². The van der Waals surface area contributed by atoms with Gasteiger partial charge in [-0.3, -0.25) is 9.69 Å². The number of hydrogen-bond acceptors (Lipinski definition) is 6. The minimum absolute atomic E-state index is 0.0549. The predicted molar refractivity (Wildman–Crippen MR) is 106 cm³/mol. The molecule has 0 saturated carbocycles. The summed E-state index contributed by atoms with van der Waals surface area (Å²) in [6.07, 6.45) is 1.65. The predicted octanol–water partition coefficient (Wildman–Crippen LogP) is 3.50. The molecule has 1 unspecified atom stereocenters. The number of ether oxygens (including phenoxy) is 1. The van der Waals surface area contributed by atoms with Crippen LogP contribution in [0.1, 0.15) is 22.3 Å². The molecule has 0 bridgehead atoms. The molecule has 0 aliphatic carbocycles. The largest absolute Gasteiger partial charge is 0.468 e. The average Bonchev–Trinajstić information content (AvgIpc) is 3.42. The van der Waals surface area contributed by atoms with Crippen LogP contribution in [-0.4, -0.2) is 48.8 Å². The van der Waals surface area contributed by atoms with E-state index in [4.69, 9.17) is 13.7 Å². The Labute approximate surface area is 170 Å². The van der Waals surface area contributed by atoms with Gasteiger partial charge in [-0.1, -0.05) is 33.2 Å². The van der Waals surface area contributed by atoms with Crippen LogP contribution in [0.5, 0.6) is 0 Å². The Morgan fingerprint density at radius 3 is 2.71 bits per heavy atom. The van der Waals surface area contributed by atoms with Crippen molar-refractivity contribution < 1.29 is 18.5 Å².